The maximum Gasteiger partial charge on any atom is 0.277 e. The van der Waals surface area contributed by atoms with Gasteiger partial charge in [-0.05, 0) is 43.2 Å². The molecule has 0 bridgehead atoms. The van der Waals surface area contributed by atoms with Crippen molar-refractivity contribution in [2.24, 2.45) is 0 Å². The molecule has 4 aromatic rings. The second kappa shape index (κ2) is 6.72. The van der Waals surface area contributed by atoms with Crippen LogP contribution in [0.15, 0.2) is 53.6 Å². The predicted octanol–water partition coefficient (Wildman–Crippen LogP) is 3.52. The van der Waals surface area contributed by atoms with Crippen molar-refractivity contribution in [2.45, 2.75) is 26.8 Å². The van der Waals surface area contributed by atoms with Crippen LogP contribution in [-0.4, -0.2) is 20.4 Å². The lowest BCUT2D eigenvalue weighted by Gasteiger charge is -2.08. The molecule has 0 fully saturated rings. The second-order valence-electron chi connectivity index (χ2n) is 6.81. The van der Waals surface area contributed by atoms with Crippen LogP contribution in [0.3, 0.4) is 0 Å². The minimum absolute atomic E-state index is 0.136. The molecule has 0 spiro atoms. The van der Waals surface area contributed by atoms with Gasteiger partial charge >= 0.3 is 0 Å². The number of benzene rings is 2. The highest BCUT2D eigenvalue weighted by Crippen LogP contribution is 2.20. The number of rotatable bonds is 4. The molecular formula is C21H20N4O2. The van der Waals surface area contributed by atoms with Crippen LogP contribution in [-0.2, 0) is 11.3 Å². The first kappa shape index (κ1) is 17.0. The van der Waals surface area contributed by atoms with E-state index in [4.69, 9.17) is 0 Å². The fourth-order valence-electron chi connectivity index (χ4n) is 3.39. The van der Waals surface area contributed by atoms with Crippen molar-refractivity contribution >= 4 is 33.5 Å². The molecule has 6 heteroatoms. The zero-order valence-electron chi connectivity index (χ0n) is 15.2. The molecule has 27 heavy (non-hydrogen) atoms. The van der Waals surface area contributed by atoms with Crippen LogP contribution in [0.2, 0.25) is 0 Å². The molecular weight excluding hydrogens is 340 g/mol. The van der Waals surface area contributed by atoms with Crippen molar-refractivity contribution in [3.8, 4) is 0 Å². The molecule has 0 aliphatic carbocycles. The lowest BCUT2D eigenvalue weighted by Crippen LogP contribution is -2.23. The molecule has 1 amide bonds. The van der Waals surface area contributed by atoms with Gasteiger partial charge in [0.1, 0.15) is 11.0 Å². The average molecular weight is 360 g/mol. The highest BCUT2D eigenvalue weighted by atomic mass is 16.2. The van der Waals surface area contributed by atoms with Gasteiger partial charge in [-0.2, -0.15) is 0 Å². The third-order valence-corrected chi connectivity index (χ3v) is 4.56. The first-order valence-electron chi connectivity index (χ1n) is 8.85. The highest BCUT2D eigenvalue weighted by Gasteiger charge is 2.11. The van der Waals surface area contributed by atoms with Gasteiger partial charge in [0.05, 0.1) is 6.33 Å². The Balaban J connectivity index is 1.53. The van der Waals surface area contributed by atoms with Gasteiger partial charge in [0.2, 0.25) is 5.91 Å². The summed E-state index contributed by atoms with van der Waals surface area (Å²) in [5.74, 6) is -0.136. The van der Waals surface area contributed by atoms with Crippen LogP contribution in [0.1, 0.15) is 17.5 Å². The van der Waals surface area contributed by atoms with Crippen LogP contribution >= 0.6 is 0 Å². The molecule has 0 saturated carbocycles. The van der Waals surface area contributed by atoms with E-state index in [0.29, 0.717) is 11.0 Å². The number of para-hydroxylation sites is 1. The summed E-state index contributed by atoms with van der Waals surface area (Å²) in [6.07, 6.45) is 1.70. The van der Waals surface area contributed by atoms with E-state index in [1.165, 1.54) is 10.9 Å². The third kappa shape index (κ3) is 3.33. The normalized spacial score (nSPS) is 11.2. The van der Waals surface area contributed by atoms with Crippen LogP contribution < -0.4 is 10.9 Å². The van der Waals surface area contributed by atoms with E-state index in [-0.39, 0.29) is 24.4 Å². The van der Waals surface area contributed by atoms with E-state index in [2.05, 4.69) is 21.4 Å². The number of carbonyl (C=O) groups excluding carboxylic acids is 1. The quantitative estimate of drug-likeness (QED) is 0.584. The van der Waals surface area contributed by atoms with Crippen LogP contribution in [0.25, 0.3) is 21.9 Å². The van der Waals surface area contributed by atoms with Crippen LogP contribution in [0, 0.1) is 13.8 Å². The fourth-order valence-corrected chi connectivity index (χ4v) is 3.39. The molecule has 0 aliphatic rings. The Morgan fingerprint density at radius 3 is 2.67 bits per heavy atom. The number of amides is 1. The second-order valence-corrected chi connectivity index (χ2v) is 6.81. The average Bonchev–Trinajstić information content (AvgIpc) is 3.00. The van der Waals surface area contributed by atoms with Gasteiger partial charge in [0.25, 0.3) is 5.56 Å². The Morgan fingerprint density at radius 1 is 1.15 bits per heavy atom. The number of aromatic nitrogens is 3. The number of nitrogens with one attached hydrogen (secondary N) is 2. The molecule has 0 unspecified atom stereocenters. The van der Waals surface area contributed by atoms with E-state index >= 15 is 0 Å². The van der Waals surface area contributed by atoms with Crippen molar-refractivity contribution in [2.75, 3.05) is 5.32 Å². The Bertz CT molecular complexity index is 1200. The van der Waals surface area contributed by atoms with Gasteiger partial charge in [0, 0.05) is 29.6 Å². The summed E-state index contributed by atoms with van der Waals surface area (Å²) in [7, 11) is 0. The van der Waals surface area contributed by atoms with Crippen molar-refractivity contribution < 1.29 is 4.79 Å². The highest BCUT2D eigenvalue weighted by molar-refractivity contribution is 6.04. The minimum atomic E-state index is -0.171. The van der Waals surface area contributed by atoms with Gasteiger partial charge in [0.15, 0.2) is 0 Å². The van der Waals surface area contributed by atoms with Gasteiger partial charge < -0.3 is 10.3 Å². The predicted molar refractivity (Wildman–Crippen MR) is 107 cm³/mol. The number of carbonyl (C=O) groups is 1. The Morgan fingerprint density at radius 2 is 1.89 bits per heavy atom. The maximum absolute atomic E-state index is 12.7. The third-order valence-electron chi connectivity index (χ3n) is 4.56. The number of nitrogens with zero attached hydrogens (tertiary/aromatic N) is 2. The standard InChI is InChI=1S/C21H20N4O2/c1-13-9-14(2)11-15(10-13)23-18(26)7-8-25-12-22-19-16-5-3-4-6-17(16)24-20(19)21(25)27/h3-6,9-12,24H,7-8H2,1-2H3,(H,23,26). The fraction of sp³-hybridized carbons (Fsp3) is 0.190. The van der Waals surface area contributed by atoms with Crippen LogP contribution in [0.5, 0.6) is 0 Å². The number of fused-ring (bicyclic) bond motifs is 3. The Hall–Kier alpha value is -3.41. The molecule has 6 nitrogen and oxygen atoms in total. The molecule has 4 rings (SSSR count). The number of hydrogen-bond acceptors (Lipinski definition) is 3. The molecule has 2 aromatic heterocycles. The van der Waals surface area contributed by atoms with Crippen molar-refractivity contribution in [1.29, 1.82) is 0 Å². The summed E-state index contributed by atoms with van der Waals surface area (Å²) in [5.41, 5.74) is 4.79. The summed E-state index contributed by atoms with van der Waals surface area (Å²) in [6, 6.07) is 13.6. The molecule has 2 N–H and O–H groups in total. The first-order valence-corrected chi connectivity index (χ1v) is 8.85. The Labute approximate surface area is 155 Å². The van der Waals surface area contributed by atoms with Crippen LogP contribution in [0.4, 0.5) is 5.69 Å². The number of H-pyrrole nitrogens is 1. The van der Waals surface area contributed by atoms with Gasteiger partial charge in [-0.15, -0.1) is 0 Å². The van der Waals surface area contributed by atoms with Crippen molar-refractivity contribution in [3.05, 3.63) is 70.3 Å². The summed E-state index contributed by atoms with van der Waals surface area (Å²) in [5, 5.41) is 3.81. The summed E-state index contributed by atoms with van der Waals surface area (Å²) in [6.45, 7) is 4.25. The molecule has 0 aliphatic heterocycles. The SMILES string of the molecule is Cc1cc(C)cc(NC(=O)CCn2cnc3c([nH]c4ccccc43)c2=O)c1. The van der Waals surface area contributed by atoms with Gasteiger partial charge in [-0.3, -0.25) is 14.2 Å². The van der Waals surface area contributed by atoms with E-state index in [0.717, 1.165) is 27.7 Å². The summed E-state index contributed by atoms with van der Waals surface area (Å²) in [4.78, 5) is 32.5. The molecule has 136 valence electrons. The molecule has 0 saturated heterocycles. The summed E-state index contributed by atoms with van der Waals surface area (Å²) >= 11 is 0. The molecule has 2 aromatic carbocycles. The molecule has 2 heterocycles. The maximum atomic E-state index is 12.7. The van der Waals surface area contributed by atoms with Gasteiger partial charge in [-0.25, -0.2) is 4.98 Å². The van der Waals surface area contributed by atoms with E-state index in [1.54, 1.807) is 0 Å². The van der Waals surface area contributed by atoms with Gasteiger partial charge in [-0.1, -0.05) is 24.3 Å². The summed E-state index contributed by atoms with van der Waals surface area (Å²) < 4.78 is 1.47. The Kier molecular flexibility index (Phi) is 4.24. The topological polar surface area (TPSA) is 79.8 Å². The zero-order valence-corrected chi connectivity index (χ0v) is 15.2. The van der Waals surface area contributed by atoms with Crippen molar-refractivity contribution in [1.82, 2.24) is 14.5 Å². The zero-order chi connectivity index (χ0) is 19.0. The number of anilines is 1. The minimum Gasteiger partial charge on any atom is -0.349 e. The first-order chi connectivity index (χ1) is 13.0. The monoisotopic (exact) mass is 360 g/mol. The smallest absolute Gasteiger partial charge is 0.277 e. The largest absolute Gasteiger partial charge is 0.349 e. The number of hydrogen-bond donors (Lipinski definition) is 2. The molecule has 0 atom stereocenters. The van der Waals surface area contributed by atoms with Crippen molar-refractivity contribution in [3.63, 3.8) is 0 Å². The van der Waals surface area contributed by atoms with E-state index in [1.807, 2.05) is 50.2 Å². The molecule has 0 radical (unpaired) electrons. The van der Waals surface area contributed by atoms with E-state index in [9.17, 15) is 9.59 Å². The van der Waals surface area contributed by atoms with E-state index < -0.39 is 0 Å². The lowest BCUT2D eigenvalue weighted by molar-refractivity contribution is -0.116. The lowest BCUT2D eigenvalue weighted by atomic mass is 10.1. The number of aromatic amines is 1. The number of aryl methyl sites for hydroxylation is 3.